The maximum absolute atomic E-state index is 12.9. The molecule has 2 saturated heterocycles. The topological polar surface area (TPSA) is 109 Å². The average molecular weight is 501 g/mol. The average Bonchev–Trinajstić information content (AvgIpc) is 3.66. The lowest BCUT2D eigenvalue weighted by molar-refractivity contribution is -0.136. The third-order valence-corrected chi connectivity index (χ3v) is 7.68. The highest BCUT2D eigenvalue weighted by Crippen LogP contribution is 2.35. The Kier molecular flexibility index (Phi) is 6.46. The van der Waals surface area contributed by atoms with Gasteiger partial charge < -0.3 is 15.5 Å². The summed E-state index contributed by atoms with van der Waals surface area (Å²) in [4.78, 5) is 44.5. The van der Waals surface area contributed by atoms with Gasteiger partial charge in [-0.15, -0.1) is 0 Å². The molecule has 3 fully saturated rings. The number of hydrogen-bond donors (Lipinski definition) is 2. The molecule has 3 aromatic rings. The SMILES string of the molecule is O=C(Cc1ccc2nn(CC(=O)N3CCC(C(=O)C4CC4)CC3)cc2c1)c1cccc(NC2CNC2)n1. The number of amides is 1. The van der Waals surface area contributed by atoms with Crippen LogP contribution in [0.25, 0.3) is 10.9 Å². The molecule has 0 spiro atoms. The number of carbonyl (C=O) groups excluding carboxylic acids is 3. The zero-order valence-electron chi connectivity index (χ0n) is 20.9. The first kappa shape index (κ1) is 23.8. The van der Waals surface area contributed by atoms with Crippen molar-refractivity contribution in [1.82, 2.24) is 25.0 Å². The van der Waals surface area contributed by atoms with Gasteiger partial charge in [-0.2, -0.15) is 5.10 Å². The van der Waals surface area contributed by atoms with E-state index in [0.717, 1.165) is 61.1 Å². The van der Waals surface area contributed by atoms with Gasteiger partial charge in [-0.3, -0.25) is 19.1 Å². The molecule has 0 atom stereocenters. The summed E-state index contributed by atoms with van der Waals surface area (Å²) in [6.07, 6.45) is 5.73. The number of benzene rings is 1. The molecule has 3 aliphatic rings. The van der Waals surface area contributed by atoms with Crippen LogP contribution in [0.15, 0.2) is 42.6 Å². The van der Waals surface area contributed by atoms with Crippen LogP contribution in [0.4, 0.5) is 5.82 Å². The van der Waals surface area contributed by atoms with Crippen molar-refractivity contribution in [1.29, 1.82) is 0 Å². The van der Waals surface area contributed by atoms with Crippen LogP contribution in [0.5, 0.6) is 0 Å². The molecule has 1 aromatic carbocycles. The van der Waals surface area contributed by atoms with Gasteiger partial charge in [0.15, 0.2) is 5.78 Å². The van der Waals surface area contributed by atoms with Gasteiger partial charge >= 0.3 is 0 Å². The van der Waals surface area contributed by atoms with Crippen molar-refractivity contribution in [3.63, 3.8) is 0 Å². The number of piperidine rings is 1. The van der Waals surface area contributed by atoms with Gasteiger partial charge in [0.2, 0.25) is 5.91 Å². The highest BCUT2D eigenvalue weighted by molar-refractivity contribution is 5.96. The van der Waals surface area contributed by atoms with Crippen LogP contribution in [0.1, 0.15) is 41.7 Å². The number of pyridine rings is 1. The van der Waals surface area contributed by atoms with Crippen molar-refractivity contribution >= 4 is 34.2 Å². The lowest BCUT2D eigenvalue weighted by Crippen LogP contribution is -2.51. The van der Waals surface area contributed by atoms with Crippen molar-refractivity contribution in [3.8, 4) is 0 Å². The molecule has 0 radical (unpaired) electrons. The van der Waals surface area contributed by atoms with Crippen LogP contribution < -0.4 is 10.6 Å². The Hall–Kier alpha value is -3.59. The summed E-state index contributed by atoms with van der Waals surface area (Å²) in [7, 11) is 0. The van der Waals surface area contributed by atoms with Gasteiger partial charge in [0.1, 0.15) is 23.8 Å². The third kappa shape index (κ3) is 5.41. The number of carbonyl (C=O) groups is 3. The molecule has 0 bridgehead atoms. The van der Waals surface area contributed by atoms with Gasteiger partial charge in [-0.05, 0) is 55.5 Å². The molecule has 2 aliphatic heterocycles. The number of aromatic nitrogens is 3. The van der Waals surface area contributed by atoms with Crippen molar-refractivity contribution < 1.29 is 14.4 Å². The predicted octanol–water partition coefficient (Wildman–Crippen LogP) is 2.46. The molecule has 9 nitrogen and oxygen atoms in total. The zero-order chi connectivity index (χ0) is 25.4. The van der Waals surface area contributed by atoms with Crippen LogP contribution >= 0.6 is 0 Å². The molecule has 9 heteroatoms. The molecule has 2 aromatic heterocycles. The summed E-state index contributed by atoms with van der Waals surface area (Å²) in [6.45, 7) is 3.25. The molecular weight excluding hydrogens is 468 g/mol. The van der Waals surface area contributed by atoms with Crippen molar-refractivity contribution in [3.05, 3.63) is 53.9 Å². The number of fused-ring (bicyclic) bond motifs is 1. The summed E-state index contributed by atoms with van der Waals surface area (Å²) in [6, 6.07) is 11.6. The second-order valence-electron chi connectivity index (χ2n) is 10.6. The van der Waals surface area contributed by atoms with E-state index in [2.05, 4.69) is 20.7 Å². The van der Waals surface area contributed by atoms with E-state index in [9.17, 15) is 14.4 Å². The summed E-state index contributed by atoms with van der Waals surface area (Å²) >= 11 is 0. The van der Waals surface area contributed by atoms with E-state index < -0.39 is 0 Å². The Bertz CT molecular complexity index is 1330. The zero-order valence-corrected chi connectivity index (χ0v) is 20.9. The van der Waals surface area contributed by atoms with Crippen molar-refractivity contribution in [2.75, 3.05) is 31.5 Å². The molecule has 1 saturated carbocycles. The summed E-state index contributed by atoms with van der Waals surface area (Å²) in [5, 5.41) is 12.0. The van der Waals surface area contributed by atoms with Gasteiger partial charge in [0, 0.05) is 56.0 Å². The fourth-order valence-electron chi connectivity index (χ4n) is 5.22. The Labute approximate surface area is 215 Å². The van der Waals surface area contributed by atoms with E-state index in [1.807, 2.05) is 41.4 Å². The fourth-order valence-corrected chi connectivity index (χ4v) is 5.22. The number of nitrogens with zero attached hydrogens (tertiary/aromatic N) is 4. The second kappa shape index (κ2) is 10.0. The van der Waals surface area contributed by atoms with E-state index in [1.165, 1.54) is 0 Å². The summed E-state index contributed by atoms with van der Waals surface area (Å²) in [5.41, 5.74) is 2.12. The molecule has 4 heterocycles. The summed E-state index contributed by atoms with van der Waals surface area (Å²) < 4.78 is 1.67. The number of ketones is 2. The van der Waals surface area contributed by atoms with Gasteiger partial charge in [-0.1, -0.05) is 12.1 Å². The minimum Gasteiger partial charge on any atom is -0.365 e. The minimum atomic E-state index is -0.0409. The van der Waals surface area contributed by atoms with Gasteiger partial charge in [-0.25, -0.2) is 4.98 Å². The highest BCUT2D eigenvalue weighted by Gasteiger charge is 2.36. The lowest BCUT2D eigenvalue weighted by Gasteiger charge is -2.31. The first-order valence-electron chi connectivity index (χ1n) is 13.3. The smallest absolute Gasteiger partial charge is 0.244 e. The molecule has 192 valence electrons. The Balaban J connectivity index is 1.06. The molecular formula is C28H32N6O3. The van der Waals surface area contributed by atoms with Crippen molar-refractivity contribution in [2.24, 2.45) is 11.8 Å². The largest absolute Gasteiger partial charge is 0.365 e. The maximum Gasteiger partial charge on any atom is 0.244 e. The van der Waals surface area contributed by atoms with E-state index in [4.69, 9.17) is 0 Å². The quantitative estimate of drug-likeness (QED) is 0.435. The normalized spacial score (nSPS) is 18.5. The fraction of sp³-hybridized carbons (Fsp3) is 0.464. The molecule has 1 amide bonds. The first-order chi connectivity index (χ1) is 18.0. The van der Waals surface area contributed by atoms with Crippen LogP contribution in [-0.2, 0) is 22.6 Å². The third-order valence-electron chi connectivity index (χ3n) is 7.68. The second-order valence-corrected chi connectivity index (χ2v) is 10.6. The van der Waals surface area contributed by atoms with Crippen LogP contribution in [0.2, 0.25) is 0 Å². The van der Waals surface area contributed by atoms with E-state index in [1.54, 1.807) is 10.7 Å². The Morgan fingerprint density at radius 2 is 1.78 bits per heavy atom. The minimum absolute atomic E-state index is 0.0257. The predicted molar refractivity (Wildman–Crippen MR) is 139 cm³/mol. The van der Waals surface area contributed by atoms with Crippen molar-refractivity contribution in [2.45, 2.75) is 44.7 Å². The molecule has 37 heavy (non-hydrogen) atoms. The monoisotopic (exact) mass is 500 g/mol. The number of Topliss-reactive ketones (excluding diaryl/α,β-unsaturated/α-hetero) is 2. The maximum atomic E-state index is 12.9. The number of hydrogen-bond acceptors (Lipinski definition) is 7. The number of nitrogens with one attached hydrogen (secondary N) is 2. The molecule has 2 N–H and O–H groups in total. The Morgan fingerprint density at radius 1 is 1.00 bits per heavy atom. The highest BCUT2D eigenvalue weighted by atomic mass is 16.2. The van der Waals surface area contributed by atoms with Crippen LogP contribution in [-0.4, -0.2) is 69.4 Å². The number of rotatable bonds is 9. The number of likely N-dealkylation sites (tertiary alicyclic amines) is 1. The van der Waals surface area contributed by atoms with E-state index in [-0.39, 0.29) is 36.5 Å². The summed E-state index contributed by atoms with van der Waals surface area (Å²) in [5.74, 6) is 1.53. The van der Waals surface area contributed by atoms with Crippen LogP contribution in [0, 0.1) is 11.8 Å². The molecule has 0 unspecified atom stereocenters. The van der Waals surface area contributed by atoms with Gasteiger partial charge in [0.25, 0.3) is 0 Å². The standard InChI is InChI=1S/C28H32N6O3/c35-25(24-2-1-3-26(31-24)30-22-14-29-15-22)13-18-4-7-23-21(12-18)16-34(32-23)17-27(36)33-10-8-20(9-11-33)28(37)19-5-6-19/h1-4,7,12,16,19-20,22,29H,5-6,8-11,13-15,17H2,(H,30,31). The van der Waals surface area contributed by atoms with E-state index in [0.29, 0.717) is 30.6 Å². The lowest BCUT2D eigenvalue weighted by atomic mass is 9.90. The Morgan fingerprint density at radius 3 is 2.51 bits per heavy atom. The number of anilines is 1. The first-order valence-corrected chi connectivity index (χ1v) is 13.3. The van der Waals surface area contributed by atoms with Gasteiger partial charge in [0.05, 0.1) is 11.6 Å². The van der Waals surface area contributed by atoms with E-state index >= 15 is 0 Å². The molecule has 6 rings (SSSR count). The van der Waals surface area contributed by atoms with Crippen LogP contribution in [0.3, 0.4) is 0 Å². The molecule has 1 aliphatic carbocycles.